The number of para-hydroxylation sites is 1. The van der Waals surface area contributed by atoms with E-state index < -0.39 is 16.0 Å². The molecular formula is C14H22N2O4S. The van der Waals surface area contributed by atoms with E-state index in [0.29, 0.717) is 25.2 Å². The van der Waals surface area contributed by atoms with Crippen molar-refractivity contribution in [1.82, 2.24) is 4.72 Å². The number of carbonyl (C=O) groups is 1. The lowest BCUT2D eigenvalue weighted by Crippen LogP contribution is -2.24. The number of aliphatic carboxylic acids is 1. The molecular weight excluding hydrogens is 292 g/mol. The maximum atomic E-state index is 12.1. The first kappa shape index (κ1) is 17.5. The quantitative estimate of drug-likeness (QED) is 0.647. The second kappa shape index (κ2) is 7.99. The Kier molecular flexibility index (Phi) is 6.64. The van der Waals surface area contributed by atoms with Crippen molar-refractivity contribution >= 4 is 21.7 Å². The summed E-state index contributed by atoms with van der Waals surface area (Å²) in [6.45, 7) is 4.50. The van der Waals surface area contributed by atoms with Gasteiger partial charge in [0.15, 0.2) is 0 Å². The number of hydrogen-bond acceptors (Lipinski definition) is 4. The van der Waals surface area contributed by atoms with Gasteiger partial charge in [-0.15, -0.1) is 0 Å². The van der Waals surface area contributed by atoms with Crippen LogP contribution in [0.5, 0.6) is 0 Å². The average Bonchev–Trinajstić information content (AvgIpc) is 2.43. The third-order valence-electron chi connectivity index (χ3n) is 3.00. The van der Waals surface area contributed by atoms with E-state index in [1.807, 2.05) is 6.92 Å². The number of nitrogens with one attached hydrogen (secondary N) is 2. The number of sulfonamides is 1. The van der Waals surface area contributed by atoms with Crippen LogP contribution in [0.2, 0.25) is 0 Å². The van der Waals surface area contributed by atoms with E-state index in [0.717, 1.165) is 0 Å². The maximum Gasteiger partial charge on any atom is 0.303 e. The second-order valence-electron chi connectivity index (χ2n) is 4.92. The van der Waals surface area contributed by atoms with Crippen molar-refractivity contribution in [3.63, 3.8) is 0 Å². The Bertz CT molecular complexity index is 572. The number of rotatable bonds is 9. The number of hydrogen-bond donors (Lipinski definition) is 3. The lowest BCUT2D eigenvalue weighted by Gasteiger charge is -2.15. The molecule has 0 fully saturated rings. The van der Waals surface area contributed by atoms with Crippen LogP contribution in [-0.4, -0.2) is 32.6 Å². The second-order valence-corrected chi connectivity index (χ2v) is 6.65. The first-order valence-corrected chi connectivity index (χ1v) is 8.39. The minimum Gasteiger partial charge on any atom is -0.481 e. The fourth-order valence-corrected chi connectivity index (χ4v) is 3.09. The molecule has 0 aliphatic heterocycles. The molecule has 0 heterocycles. The molecule has 6 nitrogen and oxygen atoms in total. The Balaban J connectivity index is 2.74. The molecule has 0 spiro atoms. The van der Waals surface area contributed by atoms with Crippen LogP contribution >= 0.6 is 0 Å². The van der Waals surface area contributed by atoms with Crippen molar-refractivity contribution < 1.29 is 18.3 Å². The van der Waals surface area contributed by atoms with Gasteiger partial charge in [-0.3, -0.25) is 4.79 Å². The minimum atomic E-state index is -3.52. The number of anilines is 1. The van der Waals surface area contributed by atoms with Gasteiger partial charge < -0.3 is 10.4 Å². The molecule has 0 bridgehead atoms. The van der Waals surface area contributed by atoms with Crippen LogP contribution in [0.15, 0.2) is 29.2 Å². The SMILES string of the molecule is CCNS(=O)(=O)c1ccccc1NCC(C)CCC(=O)O. The minimum absolute atomic E-state index is 0.111. The fourth-order valence-electron chi connectivity index (χ4n) is 1.87. The van der Waals surface area contributed by atoms with Crippen LogP contribution < -0.4 is 10.0 Å². The summed E-state index contributed by atoms with van der Waals surface area (Å²) in [6.07, 6.45) is 0.657. The van der Waals surface area contributed by atoms with E-state index in [4.69, 9.17) is 5.11 Å². The van der Waals surface area contributed by atoms with Crippen LogP contribution in [0, 0.1) is 5.92 Å². The van der Waals surface area contributed by atoms with Crippen molar-refractivity contribution in [1.29, 1.82) is 0 Å². The summed E-state index contributed by atoms with van der Waals surface area (Å²) in [6, 6.07) is 6.68. The van der Waals surface area contributed by atoms with Crippen molar-refractivity contribution in [2.24, 2.45) is 5.92 Å². The predicted molar refractivity (Wildman–Crippen MR) is 81.8 cm³/mol. The standard InChI is InChI=1S/C14H22N2O4S/c1-3-16-21(19,20)13-7-5-4-6-12(13)15-10-11(2)8-9-14(17)18/h4-7,11,15-16H,3,8-10H2,1-2H3,(H,17,18). The van der Waals surface area contributed by atoms with Gasteiger partial charge in [0.25, 0.3) is 0 Å². The van der Waals surface area contributed by atoms with Gasteiger partial charge in [-0.25, -0.2) is 13.1 Å². The summed E-state index contributed by atoms with van der Waals surface area (Å²) in [4.78, 5) is 10.7. The molecule has 1 rings (SSSR count). The summed E-state index contributed by atoms with van der Waals surface area (Å²) >= 11 is 0. The molecule has 1 unspecified atom stereocenters. The lowest BCUT2D eigenvalue weighted by atomic mass is 10.1. The molecule has 1 aromatic rings. The maximum absolute atomic E-state index is 12.1. The van der Waals surface area contributed by atoms with Crippen LogP contribution in [-0.2, 0) is 14.8 Å². The van der Waals surface area contributed by atoms with Crippen molar-refractivity contribution in [3.05, 3.63) is 24.3 Å². The number of carboxylic acid groups (broad SMARTS) is 1. The highest BCUT2D eigenvalue weighted by atomic mass is 32.2. The Morgan fingerprint density at radius 1 is 1.33 bits per heavy atom. The molecule has 7 heteroatoms. The molecule has 21 heavy (non-hydrogen) atoms. The van der Waals surface area contributed by atoms with E-state index >= 15 is 0 Å². The van der Waals surface area contributed by atoms with E-state index in [9.17, 15) is 13.2 Å². The topological polar surface area (TPSA) is 95.5 Å². The van der Waals surface area contributed by atoms with Crippen LogP contribution in [0.1, 0.15) is 26.7 Å². The van der Waals surface area contributed by atoms with Gasteiger partial charge in [0, 0.05) is 19.5 Å². The van der Waals surface area contributed by atoms with Crippen molar-refractivity contribution in [2.45, 2.75) is 31.6 Å². The van der Waals surface area contributed by atoms with Gasteiger partial charge >= 0.3 is 5.97 Å². The van der Waals surface area contributed by atoms with Gasteiger partial charge in [0.1, 0.15) is 4.90 Å². The Morgan fingerprint density at radius 3 is 2.62 bits per heavy atom. The summed E-state index contributed by atoms with van der Waals surface area (Å²) in [5.41, 5.74) is 0.528. The van der Waals surface area contributed by atoms with Gasteiger partial charge in [0.2, 0.25) is 10.0 Å². The highest BCUT2D eigenvalue weighted by molar-refractivity contribution is 7.89. The molecule has 3 N–H and O–H groups in total. The van der Waals surface area contributed by atoms with Crippen LogP contribution in [0.3, 0.4) is 0 Å². The van der Waals surface area contributed by atoms with Crippen molar-refractivity contribution in [2.75, 3.05) is 18.4 Å². The first-order chi connectivity index (χ1) is 9.86. The molecule has 0 radical (unpaired) electrons. The van der Waals surface area contributed by atoms with Crippen LogP contribution in [0.4, 0.5) is 5.69 Å². The van der Waals surface area contributed by atoms with Gasteiger partial charge in [-0.1, -0.05) is 26.0 Å². The molecule has 0 aliphatic rings. The fraction of sp³-hybridized carbons (Fsp3) is 0.500. The highest BCUT2D eigenvalue weighted by Crippen LogP contribution is 2.21. The summed E-state index contributed by atoms with van der Waals surface area (Å²) in [5, 5.41) is 11.7. The van der Waals surface area contributed by atoms with Gasteiger partial charge in [-0.2, -0.15) is 0 Å². The monoisotopic (exact) mass is 314 g/mol. The van der Waals surface area contributed by atoms with Gasteiger partial charge in [-0.05, 0) is 24.5 Å². The zero-order chi connectivity index (χ0) is 15.9. The number of carboxylic acids is 1. The van der Waals surface area contributed by atoms with Gasteiger partial charge in [0.05, 0.1) is 5.69 Å². The zero-order valence-electron chi connectivity index (χ0n) is 12.3. The summed E-state index contributed by atoms with van der Waals surface area (Å²) in [5.74, 6) is -0.687. The molecule has 0 saturated carbocycles. The van der Waals surface area contributed by atoms with E-state index in [1.165, 1.54) is 0 Å². The Hall–Kier alpha value is -1.60. The molecule has 0 saturated heterocycles. The third-order valence-corrected chi connectivity index (χ3v) is 4.61. The number of benzene rings is 1. The van der Waals surface area contributed by atoms with Crippen LogP contribution in [0.25, 0.3) is 0 Å². The van der Waals surface area contributed by atoms with E-state index in [1.54, 1.807) is 31.2 Å². The summed E-state index contributed by atoms with van der Waals surface area (Å²) in [7, 11) is -3.52. The Morgan fingerprint density at radius 2 is 2.00 bits per heavy atom. The summed E-state index contributed by atoms with van der Waals surface area (Å²) < 4.78 is 26.6. The Labute approximate surface area is 125 Å². The first-order valence-electron chi connectivity index (χ1n) is 6.91. The lowest BCUT2D eigenvalue weighted by molar-refractivity contribution is -0.137. The molecule has 1 atom stereocenters. The molecule has 0 aliphatic carbocycles. The smallest absolute Gasteiger partial charge is 0.303 e. The average molecular weight is 314 g/mol. The predicted octanol–water partition coefficient (Wildman–Crippen LogP) is 1.90. The van der Waals surface area contributed by atoms with Crippen molar-refractivity contribution in [3.8, 4) is 0 Å². The third kappa shape index (κ3) is 5.73. The molecule has 1 aromatic carbocycles. The largest absolute Gasteiger partial charge is 0.481 e. The highest BCUT2D eigenvalue weighted by Gasteiger charge is 2.17. The molecule has 0 aromatic heterocycles. The van der Waals surface area contributed by atoms with E-state index in [2.05, 4.69) is 10.0 Å². The van der Waals surface area contributed by atoms with E-state index in [-0.39, 0.29) is 17.2 Å². The normalized spacial score (nSPS) is 12.9. The molecule has 0 amide bonds. The zero-order valence-corrected chi connectivity index (χ0v) is 13.1. The molecule has 118 valence electrons.